The van der Waals surface area contributed by atoms with Gasteiger partial charge in [-0.1, -0.05) is 22.9 Å². The molecule has 3 aromatic rings. The number of morpholine rings is 1. The van der Waals surface area contributed by atoms with E-state index in [4.69, 9.17) is 16.3 Å². The number of hydrogen-bond donors (Lipinski definition) is 0. The van der Waals surface area contributed by atoms with E-state index in [-0.39, 0.29) is 12.4 Å². The van der Waals surface area contributed by atoms with Crippen LogP contribution < -0.4 is 4.90 Å². The summed E-state index contributed by atoms with van der Waals surface area (Å²) in [5.41, 5.74) is 1.52. The van der Waals surface area contributed by atoms with Crippen molar-refractivity contribution >= 4 is 28.6 Å². The van der Waals surface area contributed by atoms with E-state index in [1.54, 1.807) is 16.8 Å². The van der Waals surface area contributed by atoms with E-state index >= 15 is 0 Å². The summed E-state index contributed by atoms with van der Waals surface area (Å²) in [6.45, 7) is 4.72. The van der Waals surface area contributed by atoms with Gasteiger partial charge in [-0.3, -0.25) is 0 Å². The molecule has 0 N–H and O–H groups in total. The van der Waals surface area contributed by atoms with E-state index in [0.717, 1.165) is 18.9 Å². The zero-order valence-corrected chi connectivity index (χ0v) is 14.4. The van der Waals surface area contributed by atoms with Gasteiger partial charge in [-0.25, -0.2) is 19.0 Å². The van der Waals surface area contributed by atoms with Crippen molar-refractivity contribution in [2.45, 2.75) is 13.5 Å². The van der Waals surface area contributed by atoms with Crippen molar-refractivity contribution in [3.8, 4) is 0 Å². The molecule has 1 aromatic carbocycles. The van der Waals surface area contributed by atoms with E-state index in [1.807, 2.05) is 6.92 Å². The summed E-state index contributed by atoms with van der Waals surface area (Å²) in [4.78, 5) is 11.1. The molecule has 0 radical (unpaired) electrons. The van der Waals surface area contributed by atoms with Crippen LogP contribution in [0.1, 0.15) is 11.4 Å². The Hall–Kier alpha value is -2.32. The van der Waals surface area contributed by atoms with Crippen LogP contribution >= 0.6 is 11.6 Å². The quantitative estimate of drug-likeness (QED) is 0.711. The lowest BCUT2D eigenvalue weighted by molar-refractivity contribution is 0.122. The van der Waals surface area contributed by atoms with Gasteiger partial charge in [0.1, 0.15) is 11.6 Å². The van der Waals surface area contributed by atoms with E-state index in [0.29, 0.717) is 40.8 Å². The molecule has 1 aliphatic heterocycles. The molecule has 130 valence electrons. The predicted octanol–water partition coefficient (Wildman–Crippen LogP) is 2.21. The Morgan fingerprint density at radius 2 is 2.04 bits per heavy atom. The zero-order chi connectivity index (χ0) is 17.4. The summed E-state index contributed by atoms with van der Waals surface area (Å²) in [5, 5.41) is 8.73. The molecule has 9 heteroatoms. The maximum absolute atomic E-state index is 14.1. The predicted molar refractivity (Wildman–Crippen MR) is 91.4 cm³/mol. The van der Waals surface area contributed by atoms with Crippen LogP contribution in [0, 0.1) is 12.7 Å². The summed E-state index contributed by atoms with van der Waals surface area (Å²) in [6, 6.07) is 4.60. The molecule has 2 aromatic heterocycles. The molecule has 1 fully saturated rings. The molecule has 1 aliphatic rings. The van der Waals surface area contributed by atoms with E-state index < -0.39 is 0 Å². The number of aromatic nitrogens is 5. The van der Waals surface area contributed by atoms with Gasteiger partial charge in [-0.15, -0.1) is 5.10 Å². The van der Waals surface area contributed by atoms with Gasteiger partial charge in [0.2, 0.25) is 0 Å². The number of rotatable bonds is 3. The van der Waals surface area contributed by atoms with Gasteiger partial charge in [0.05, 0.1) is 19.8 Å². The summed E-state index contributed by atoms with van der Waals surface area (Å²) in [6.07, 6.45) is 0. The Morgan fingerprint density at radius 3 is 2.80 bits per heavy atom. The van der Waals surface area contributed by atoms with Gasteiger partial charge in [0.15, 0.2) is 17.0 Å². The Balaban J connectivity index is 1.77. The monoisotopic (exact) mass is 362 g/mol. The van der Waals surface area contributed by atoms with Crippen LogP contribution in [-0.2, 0) is 11.3 Å². The third-order valence-corrected chi connectivity index (χ3v) is 4.49. The van der Waals surface area contributed by atoms with E-state index in [2.05, 4.69) is 25.2 Å². The Morgan fingerprint density at radius 1 is 1.24 bits per heavy atom. The lowest BCUT2D eigenvalue weighted by Gasteiger charge is -2.27. The lowest BCUT2D eigenvalue weighted by Crippen LogP contribution is -2.37. The minimum atomic E-state index is -0.379. The number of ether oxygens (including phenoxy) is 1. The van der Waals surface area contributed by atoms with Gasteiger partial charge in [0.25, 0.3) is 0 Å². The molecule has 25 heavy (non-hydrogen) atoms. The van der Waals surface area contributed by atoms with Gasteiger partial charge in [0, 0.05) is 23.7 Å². The van der Waals surface area contributed by atoms with Crippen molar-refractivity contribution in [3.05, 3.63) is 40.4 Å². The number of hydrogen-bond acceptors (Lipinski definition) is 6. The van der Waals surface area contributed by atoms with E-state index in [9.17, 15) is 4.39 Å². The van der Waals surface area contributed by atoms with Gasteiger partial charge in [-0.05, 0) is 19.1 Å². The number of nitrogens with zero attached hydrogens (tertiary/aromatic N) is 6. The number of halogens is 2. The fourth-order valence-corrected chi connectivity index (χ4v) is 3.11. The third-order valence-electron chi connectivity index (χ3n) is 4.14. The first kappa shape index (κ1) is 16.2. The minimum absolute atomic E-state index is 0.154. The van der Waals surface area contributed by atoms with Crippen molar-refractivity contribution in [2.75, 3.05) is 31.2 Å². The smallest absolute Gasteiger partial charge is 0.184 e. The largest absolute Gasteiger partial charge is 0.378 e. The van der Waals surface area contributed by atoms with Crippen molar-refractivity contribution in [1.29, 1.82) is 0 Å². The van der Waals surface area contributed by atoms with Crippen LogP contribution in [-0.4, -0.2) is 51.3 Å². The maximum atomic E-state index is 14.1. The molecule has 0 saturated carbocycles. The topological polar surface area (TPSA) is 69.0 Å². The molecule has 3 heterocycles. The Labute approximate surface area is 148 Å². The molecule has 0 amide bonds. The van der Waals surface area contributed by atoms with Gasteiger partial charge < -0.3 is 9.64 Å². The highest BCUT2D eigenvalue weighted by Gasteiger charge is 2.21. The fraction of sp³-hybridized carbons (Fsp3) is 0.375. The average molecular weight is 363 g/mol. The SMILES string of the molecule is Cc1nc(N2CCOCC2)c2nnn(Cc3c(F)cccc3Cl)c2n1. The maximum Gasteiger partial charge on any atom is 0.184 e. The highest BCUT2D eigenvalue weighted by atomic mass is 35.5. The number of anilines is 1. The zero-order valence-electron chi connectivity index (χ0n) is 13.6. The summed E-state index contributed by atoms with van der Waals surface area (Å²) < 4.78 is 21.0. The van der Waals surface area contributed by atoms with E-state index in [1.165, 1.54) is 6.07 Å². The van der Waals surface area contributed by atoms with Crippen LogP contribution in [0.15, 0.2) is 18.2 Å². The minimum Gasteiger partial charge on any atom is -0.378 e. The second kappa shape index (κ2) is 6.53. The van der Waals surface area contributed by atoms with Crippen molar-refractivity contribution in [1.82, 2.24) is 25.0 Å². The van der Waals surface area contributed by atoms with Crippen LogP contribution in [0.2, 0.25) is 5.02 Å². The van der Waals surface area contributed by atoms with Crippen molar-refractivity contribution < 1.29 is 9.13 Å². The molecule has 1 saturated heterocycles. The fourth-order valence-electron chi connectivity index (χ4n) is 2.88. The highest BCUT2D eigenvalue weighted by molar-refractivity contribution is 6.31. The molecular formula is C16H16ClFN6O. The molecule has 0 atom stereocenters. The Bertz CT molecular complexity index is 904. The van der Waals surface area contributed by atoms with Crippen LogP contribution in [0.4, 0.5) is 10.2 Å². The summed E-state index contributed by atoms with van der Waals surface area (Å²) in [5.74, 6) is 0.962. The van der Waals surface area contributed by atoms with Crippen LogP contribution in [0.25, 0.3) is 11.2 Å². The standard InChI is InChI=1S/C16H16ClFN6O/c1-10-19-15(23-5-7-25-8-6-23)14-16(20-10)24(22-21-14)9-11-12(17)3-2-4-13(11)18/h2-4H,5-9H2,1H3. The lowest BCUT2D eigenvalue weighted by atomic mass is 10.2. The third kappa shape index (κ3) is 3.03. The number of fused-ring (bicyclic) bond motifs is 1. The molecule has 7 nitrogen and oxygen atoms in total. The molecule has 0 aliphatic carbocycles. The number of benzene rings is 1. The molecule has 0 unspecified atom stereocenters. The molecule has 4 rings (SSSR count). The summed E-state index contributed by atoms with van der Waals surface area (Å²) >= 11 is 6.13. The van der Waals surface area contributed by atoms with Crippen molar-refractivity contribution in [2.24, 2.45) is 0 Å². The van der Waals surface area contributed by atoms with Gasteiger partial charge in [-0.2, -0.15) is 0 Å². The number of aryl methyl sites for hydroxylation is 1. The van der Waals surface area contributed by atoms with Crippen LogP contribution in [0.3, 0.4) is 0 Å². The Kier molecular flexibility index (Phi) is 4.22. The first-order valence-corrected chi connectivity index (χ1v) is 8.34. The average Bonchev–Trinajstić information content (AvgIpc) is 3.01. The first-order valence-electron chi connectivity index (χ1n) is 7.97. The highest BCUT2D eigenvalue weighted by Crippen LogP contribution is 2.25. The summed E-state index contributed by atoms with van der Waals surface area (Å²) in [7, 11) is 0. The second-order valence-electron chi connectivity index (χ2n) is 5.81. The molecular weight excluding hydrogens is 347 g/mol. The second-order valence-corrected chi connectivity index (χ2v) is 6.22. The first-order chi connectivity index (χ1) is 12.1. The molecule has 0 bridgehead atoms. The van der Waals surface area contributed by atoms with Crippen LogP contribution in [0.5, 0.6) is 0 Å². The van der Waals surface area contributed by atoms with Crippen molar-refractivity contribution in [3.63, 3.8) is 0 Å². The normalized spacial score (nSPS) is 15.1. The van der Waals surface area contributed by atoms with Gasteiger partial charge >= 0.3 is 0 Å². The molecule has 0 spiro atoms.